The molecule has 3 heterocycles. The Morgan fingerprint density at radius 1 is 0.423 bits per heavy atom. The van der Waals surface area contributed by atoms with Gasteiger partial charge in [-0.3, -0.25) is 0 Å². The largest absolute Gasteiger partial charge is 0.456 e. The summed E-state index contributed by atoms with van der Waals surface area (Å²) in [6.07, 6.45) is -0.608. The minimum atomic E-state index is -0.608. The summed E-state index contributed by atoms with van der Waals surface area (Å²) in [4.78, 5) is 10.9. The first-order chi connectivity index (χ1) is 25.7. The van der Waals surface area contributed by atoms with E-state index in [0.29, 0.717) is 5.84 Å². The van der Waals surface area contributed by atoms with Crippen LogP contribution in [-0.2, 0) is 0 Å². The van der Waals surface area contributed by atoms with Crippen molar-refractivity contribution in [2.45, 2.75) is 6.17 Å². The van der Waals surface area contributed by atoms with E-state index >= 15 is 0 Å². The summed E-state index contributed by atoms with van der Waals surface area (Å²) in [6, 6.07) is 56.9. The molecule has 8 aromatic carbocycles. The lowest BCUT2D eigenvalue weighted by atomic mass is 9.92. The van der Waals surface area contributed by atoms with Crippen LogP contribution in [0.3, 0.4) is 0 Å². The van der Waals surface area contributed by atoms with Crippen LogP contribution in [0.1, 0.15) is 22.9 Å². The Balaban J connectivity index is 1.21. The van der Waals surface area contributed by atoms with Gasteiger partial charge < -0.3 is 14.2 Å². The summed E-state index contributed by atoms with van der Waals surface area (Å²) >= 11 is 0. The molecule has 0 saturated carbocycles. The average molecular weight is 668 g/mol. The number of benzene rings is 8. The second kappa shape index (κ2) is 11.3. The monoisotopic (exact) mass is 667 g/mol. The topological polar surface area (TPSA) is 63.0 Å². The molecule has 10 aromatic rings. The lowest BCUT2D eigenvalue weighted by molar-refractivity contribution is 0.666. The van der Waals surface area contributed by atoms with E-state index in [0.717, 1.165) is 82.9 Å². The van der Waals surface area contributed by atoms with Crippen molar-refractivity contribution in [3.63, 3.8) is 0 Å². The molecule has 52 heavy (non-hydrogen) atoms. The molecule has 11 rings (SSSR count). The fraction of sp³-hybridized carbons (Fsp3) is 0.0213. The van der Waals surface area contributed by atoms with Crippen LogP contribution in [0.25, 0.3) is 76.5 Å². The number of nitrogens with zero attached hydrogens (tertiary/aromatic N) is 2. The summed E-state index contributed by atoms with van der Waals surface area (Å²) in [5.74, 6) is 1.44. The van der Waals surface area contributed by atoms with Crippen molar-refractivity contribution in [1.82, 2.24) is 5.32 Å². The van der Waals surface area contributed by atoms with Crippen molar-refractivity contribution >= 4 is 77.1 Å². The predicted molar refractivity (Wildman–Crippen MR) is 213 cm³/mol. The molecule has 2 aromatic heterocycles. The van der Waals surface area contributed by atoms with Gasteiger partial charge in [0.15, 0.2) is 6.17 Å². The van der Waals surface area contributed by atoms with Gasteiger partial charge in [-0.1, -0.05) is 127 Å². The number of para-hydroxylation sites is 3. The van der Waals surface area contributed by atoms with Gasteiger partial charge in [0.2, 0.25) is 0 Å². The van der Waals surface area contributed by atoms with E-state index in [-0.39, 0.29) is 0 Å². The van der Waals surface area contributed by atoms with Crippen molar-refractivity contribution in [2.24, 2.45) is 9.98 Å². The van der Waals surface area contributed by atoms with Crippen molar-refractivity contribution in [2.75, 3.05) is 0 Å². The quantitative estimate of drug-likeness (QED) is 0.203. The summed E-state index contributed by atoms with van der Waals surface area (Å²) in [5, 5.41) is 12.5. The average Bonchev–Trinajstić information content (AvgIpc) is 3.78. The Hall–Kier alpha value is -6.98. The van der Waals surface area contributed by atoms with E-state index in [1.54, 1.807) is 0 Å². The van der Waals surface area contributed by atoms with Gasteiger partial charge in [0.05, 0.1) is 5.56 Å². The van der Waals surface area contributed by atoms with Crippen LogP contribution in [0.2, 0.25) is 0 Å². The first-order valence-corrected chi connectivity index (χ1v) is 17.5. The molecular weight excluding hydrogens is 639 g/mol. The third-order valence-corrected chi connectivity index (χ3v) is 10.3. The zero-order valence-electron chi connectivity index (χ0n) is 27.9. The fourth-order valence-electron chi connectivity index (χ4n) is 7.85. The minimum absolute atomic E-state index is 0.608. The zero-order valence-corrected chi connectivity index (χ0v) is 27.9. The minimum Gasteiger partial charge on any atom is -0.456 e. The van der Waals surface area contributed by atoms with Crippen molar-refractivity contribution in [1.29, 1.82) is 0 Å². The van der Waals surface area contributed by atoms with Crippen molar-refractivity contribution in [3.8, 4) is 11.1 Å². The Bertz CT molecular complexity index is 3130. The Morgan fingerprint density at radius 2 is 1.04 bits per heavy atom. The number of amidine groups is 2. The van der Waals surface area contributed by atoms with Gasteiger partial charge in [0.25, 0.3) is 0 Å². The van der Waals surface area contributed by atoms with Crippen LogP contribution in [0.15, 0.2) is 183 Å². The van der Waals surface area contributed by atoms with Crippen LogP contribution in [0.5, 0.6) is 0 Å². The molecule has 0 amide bonds. The highest BCUT2D eigenvalue weighted by molar-refractivity contribution is 6.22. The van der Waals surface area contributed by atoms with Gasteiger partial charge in [-0.2, -0.15) is 0 Å². The van der Waals surface area contributed by atoms with Gasteiger partial charge in [0, 0.05) is 32.7 Å². The molecule has 1 aliphatic rings. The molecule has 0 fully saturated rings. The molecule has 1 N–H and O–H groups in total. The van der Waals surface area contributed by atoms with Crippen LogP contribution in [-0.4, -0.2) is 11.7 Å². The van der Waals surface area contributed by atoms with Gasteiger partial charge >= 0.3 is 0 Å². The first kappa shape index (κ1) is 28.8. The number of nitrogens with one attached hydrogen (secondary N) is 1. The Morgan fingerprint density at radius 3 is 1.83 bits per heavy atom. The third-order valence-electron chi connectivity index (χ3n) is 10.3. The van der Waals surface area contributed by atoms with Crippen molar-refractivity contribution < 1.29 is 8.83 Å². The highest BCUT2D eigenvalue weighted by atomic mass is 16.3. The van der Waals surface area contributed by atoms with Gasteiger partial charge in [-0.15, -0.1) is 0 Å². The second-order valence-corrected chi connectivity index (χ2v) is 13.4. The molecule has 5 heteroatoms. The molecule has 0 aliphatic carbocycles. The predicted octanol–water partition coefficient (Wildman–Crippen LogP) is 12.0. The number of aliphatic imine (C=N–C) groups is 2. The van der Waals surface area contributed by atoms with Gasteiger partial charge in [-0.05, 0) is 69.1 Å². The molecule has 0 radical (unpaired) electrons. The first-order valence-electron chi connectivity index (χ1n) is 17.5. The molecule has 1 aliphatic heterocycles. The number of hydrogen-bond acceptors (Lipinski definition) is 5. The van der Waals surface area contributed by atoms with E-state index in [1.165, 1.54) is 16.2 Å². The van der Waals surface area contributed by atoms with Crippen LogP contribution >= 0.6 is 0 Å². The molecule has 5 nitrogen and oxygen atoms in total. The maximum Gasteiger partial charge on any atom is 0.171 e. The van der Waals surface area contributed by atoms with Gasteiger partial charge in [0.1, 0.15) is 34.0 Å². The smallest absolute Gasteiger partial charge is 0.171 e. The molecule has 0 saturated heterocycles. The lowest BCUT2D eigenvalue weighted by Gasteiger charge is -2.24. The molecule has 1 unspecified atom stereocenters. The van der Waals surface area contributed by atoms with E-state index < -0.39 is 6.17 Å². The van der Waals surface area contributed by atoms with E-state index in [9.17, 15) is 0 Å². The number of fused-ring (bicyclic) bond motifs is 8. The number of hydrogen-bond donors (Lipinski definition) is 1. The number of furan rings is 2. The van der Waals surface area contributed by atoms with E-state index in [2.05, 4.69) is 139 Å². The van der Waals surface area contributed by atoms with Crippen LogP contribution in [0.4, 0.5) is 0 Å². The maximum atomic E-state index is 6.55. The highest BCUT2D eigenvalue weighted by Gasteiger charge is 2.28. The normalized spacial score (nSPS) is 14.7. The van der Waals surface area contributed by atoms with E-state index in [4.69, 9.17) is 18.8 Å². The van der Waals surface area contributed by atoms with Crippen molar-refractivity contribution in [3.05, 3.63) is 180 Å². The highest BCUT2D eigenvalue weighted by Crippen LogP contribution is 2.43. The summed E-state index contributed by atoms with van der Waals surface area (Å²) in [7, 11) is 0. The molecule has 244 valence electrons. The Kier molecular flexibility index (Phi) is 6.25. The standard InChI is InChI=1S/C47H29N3O2/c1-3-12-30-26-32(22-20-28(30)10-1)34-24-25-41-42(37-15-6-8-19-40(37)51-41)43(34)47-49-45(33-23-21-29-11-2-4-13-31(29)27-33)48-46(50-47)38-17-9-16-36-35-14-5-7-18-39(35)52-44(36)38/h1-27,47H,(H,48,49,50). The van der Waals surface area contributed by atoms with E-state index in [1.807, 2.05) is 30.3 Å². The molecule has 0 bridgehead atoms. The molecular formula is C47H29N3O2. The Labute approximate surface area is 298 Å². The van der Waals surface area contributed by atoms with Gasteiger partial charge in [-0.25, -0.2) is 9.98 Å². The summed E-state index contributed by atoms with van der Waals surface area (Å²) in [5.41, 5.74) is 8.27. The van der Waals surface area contributed by atoms with Crippen LogP contribution < -0.4 is 5.32 Å². The summed E-state index contributed by atoms with van der Waals surface area (Å²) in [6.45, 7) is 0. The number of rotatable bonds is 4. The lowest BCUT2D eigenvalue weighted by Crippen LogP contribution is -2.36. The molecule has 1 atom stereocenters. The third kappa shape index (κ3) is 4.49. The summed E-state index contributed by atoms with van der Waals surface area (Å²) < 4.78 is 13.0. The zero-order chi connectivity index (χ0) is 34.2. The van der Waals surface area contributed by atoms with Crippen LogP contribution in [0, 0.1) is 0 Å². The second-order valence-electron chi connectivity index (χ2n) is 13.4. The SMILES string of the molecule is c1ccc2cc(C3=NC(c4c(-c5ccc6ccccc6c5)ccc5oc6ccccc6c45)N=C(c4cccc5c4oc4ccccc45)N3)ccc2c1. The fourth-order valence-corrected chi connectivity index (χ4v) is 7.85. The molecule has 0 spiro atoms. The maximum absolute atomic E-state index is 6.55.